The maximum atomic E-state index is 12.1. The van der Waals surface area contributed by atoms with Gasteiger partial charge in [-0.15, -0.1) is 11.8 Å². The summed E-state index contributed by atoms with van der Waals surface area (Å²) in [6.45, 7) is 0.891. The number of thioether (sulfide) groups is 1. The molecule has 0 bridgehead atoms. The molecule has 0 radical (unpaired) electrons. The van der Waals surface area contributed by atoms with E-state index in [1.165, 1.54) is 43.9 Å². The number of aliphatic hydroxyl groups excluding tert-OH is 1. The van der Waals surface area contributed by atoms with E-state index in [1.54, 1.807) is 12.1 Å². The van der Waals surface area contributed by atoms with Crippen LogP contribution in [0.4, 0.5) is 0 Å². The molecule has 0 saturated heterocycles. The minimum Gasteiger partial charge on any atom is -0.395 e. The fourth-order valence-electron chi connectivity index (χ4n) is 2.89. The summed E-state index contributed by atoms with van der Waals surface area (Å²) in [4.78, 5) is 24.9. The number of rotatable bonds is 8. The largest absolute Gasteiger partial charge is 0.395 e. The second-order valence-corrected chi connectivity index (χ2v) is 7.09. The molecule has 6 heteroatoms. The minimum absolute atomic E-state index is 0.0103. The molecule has 2 rings (SSSR count). The van der Waals surface area contributed by atoms with Crippen LogP contribution in [0.5, 0.6) is 0 Å². The zero-order valence-electron chi connectivity index (χ0n) is 13.9. The summed E-state index contributed by atoms with van der Waals surface area (Å²) in [7, 11) is 0. The van der Waals surface area contributed by atoms with E-state index in [1.807, 2.05) is 12.1 Å². The molecular formula is C18H26N2O3S. The zero-order chi connectivity index (χ0) is 17.2. The van der Waals surface area contributed by atoms with Crippen LogP contribution < -0.4 is 10.6 Å². The number of aliphatic hydroxyl groups is 1. The predicted octanol–water partition coefficient (Wildman–Crippen LogP) is 2.20. The van der Waals surface area contributed by atoms with Crippen LogP contribution in [0.15, 0.2) is 29.2 Å². The molecule has 0 spiro atoms. The number of benzene rings is 1. The highest BCUT2D eigenvalue weighted by atomic mass is 32.2. The lowest BCUT2D eigenvalue weighted by molar-refractivity contribution is -0.118. The number of nitrogens with one attached hydrogen (secondary N) is 2. The summed E-state index contributed by atoms with van der Waals surface area (Å²) in [5, 5.41) is 14.5. The van der Waals surface area contributed by atoms with Gasteiger partial charge < -0.3 is 15.7 Å². The first kappa shape index (κ1) is 18.8. The predicted molar refractivity (Wildman–Crippen MR) is 96.2 cm³/mol. The van der Waals surface area contributed by atoms with Crippen molar-refractivity contribution < 1.29 is 14.7 Å². The summed E-state index contributed by atoms with van der Waals surface area (Å²) >= 11 is 1.37. The van der Waals surface area contributed by atoms with E-state index < -0.39 is 0 Å². The van der Waals surface area contributed by atoms with Gasteiger partial charge in [0.2, 0.25) is 5.91 Å². The second-order valence-electron chi connectivity index (χ2n) is 6.07. The van der Waals surface area contributed by atoms with Gasteiger partial charge in [0, 0.05) is 18.0 Å². The SMILES string of the molecule is O=C(CSc1ccccc1C(=O)NCCO)NCC1CCCCC1. The summed E-state index contributed by atoms with van der Waals surface area (Å²) in [6.07, 6.45) is 6.27. The third kappa shape index (κ3) is 6.17. The van der Waals surface area contributed by atoms with E-state index in [-0.39, 0.29) is 25.0 Å². The summed E-state index contributed by atoms with van der Waals surface area (Å²) in [5.41, 5.74) is 0.538. The van der Waals surface area contributed by atoms with Crippen LogP contribution >= 0.6 is 11.8 Å². The van der Waals surface area contributed by atoms with Gasteiger partial charge in [0.25, 0.3) is 5.91 Å². The van der Waals surface area contributed by atoms with Crippen LogP contribution in [0.3, 0.4) is 0 Å². The van der Waals surface area contributed by atoms with Crippen molar-refractivity contribution >= 4 is 23.6 Å². The number of carbonyl (C=O) groups excluding carboxylic acids is 2. The van der Waals surface area contributed by atoms with E-state index in [9.17, 15) is 9.59 Å². The average Bonchev–Trinajstić information content (AvgIpc) is 2.63. The van der Waals surface area contributed by atoms with Crippen LogP contribution in [-0.4, -0.2) is 42.4 Å². The summed E-state index contributed by atoms with van der Waals surface area (Å²) in [6, 6.07) is 7.22. The lowest BCUT2D eigenvalue weighted by Gasteiger charge is -2.21. The number of hydrogen-bond acceptors (Lipinski definition) is 4. The zero-order valence-corrected chi connectivity index (χ0v) is 14.7. The van der Waals surface area contributed by atoms with Gasteiger partial charge in [-0.05, 0) is 30.9 Å². The summed E-state index contributed by atoms with van der Waals surface area (Å²) in [5.74, 6) is 0.701. The Balaban J connectivity index is 1.80. The van der Waals surface area contributed by atoms with E-state index in [0.717, 1.165) is 11.4 Å². The molecule has 132 valence electrons. The van der Waals surface area contributed by atoms with Gasteiger partial charge in [0.15, 0.2) is 0 Å². The van der Waals surface area contributed by atoms with Crippen molar-refractivity contribution in [1.29, 1.82) is 0 Å². The van der Waals surface area contributed by atoms with Crippen molar-refractivity contribution in [2.45, 2.75) is 37.0 Å². The molecule has 1 fully saturated rings. The maximum absolute atomic E-state index is 12.1. The fraction of sp³-hybridized carbons (Fsp3) is 0.556. The van der Waals surface area contributed by atoms with Crippen LogP contribution in [0.25, 0.3) is 0 Å². The molecule has 1 saturated carbocycles. The van der Waals surface area contributed by atoms with Gasteiger partial charge >= 0.3 is 0 Å². The molecule has 3 N–H and O–H groups in total. The van der Waals surface area contributed by atoms with Crippen molar-refractivity contribution in [3.05, 3.63) is 29.8 Å². The summed E-state index contributed by atoms with van der Waals surface area (Å²) < 4.78 is 0. The van der Waals surface area contributed by atoms with Gasteiger partial charge in [-0.2, -0.15) is 0 Å². The highest BCUT2D eigenvalue weighted by Crippen LogP contribution is 2.24. The Bertz CT molecular complexity index is 545. The molecule has 1 aromatic rings. The average molecular weight is 350 g/mol. The lowest BCUT2D eigenvalue weighted by atomic mass is 9.89. The molecule has 5 nitrogen and oxygen atoms in total. The van der Waals surface area contributed by atoms with Crippen molar-refractivity contribution in [2.75, 3.05) is 25.4 Å². The van der Waals surface area contributed by atoms with E-state index >= 15 is 0 Å². The quantitative estimate of drug-likeness (QED) is 0.628. The molecule has 24 heavy (non-hydrogen) atoms. The topological polar surface area (TPSA) is 78.4 Å². The van der Waals surface area contributed by atoms with Crippen LogP contribution in [-0.2, 0) is 4.79 Å². The standard InChI is InChI=1S/C18H26N2O3S/c21-11-10-19-18(23)15-8-4-5-9-16(15)24-13-17(22)20-12-14-6-2-1-3-7-14/h4-5,8-9,14,21H,1-3,6-7,10-13H2,(H,19,23)(H,20,22). The molecule has 0 aliphatic heterocycles. The second kappa shape index (κ2) is 10.4. The first-order valence-electron chi connectivity index (χ1n) is 8.58. The number of hydrogen-bond donors (Lipinski definition) is 3. The first-order valence-corrected chi connectivity index (χ1v) is 9.57. The Morgan fingerprint density at radius 1 is 1.12 bits per heavy atom. The van der Waals surface area contributed by atoms with Crippen molar-refractivity contribution in [1.82, 2.24) is 10.6 Å². The van der Waals surface area contributed by atoms with Crippen LogP contribution in [0.2, 0.25) is 0 Å². The molecule has 1 aromatic carbocycles. The third-order valence-electron chi connectivity index (χ3n) is 4.20. The Morgan fingerprint density at radius 2 is 1.88 bits per heavy atom. The smallest absolute Gasteiger partial charge is 0.252 e. The normalized spacial score (nSPS) is 15.0. The first-order chi connectivity index (χ1) is 11.7. The Hall–Kier alpha value is -1.53. The van der Waals surface area contributed by atoms with Gasteiger partial charge in [0.05, 0.1) is 17.9 Å². The van der Waals surface area contributed by atoms with E-state index in [0.29, 0.717) is 17.2 Å². The van der Waals surface area contributed by atoms with E-state index in [4.69, 9.17) is 5.11 Å². The van der Waals surface area contributed by atoms with Crippen LogP contribution in [0.1, 0.15) is 42.5 Å². The highest BCUT2D eigenvalue weighted by molar-refractivity contribution is 8.00. The van der Waals surface area contributed by atoms with Gasteiger partial charge in [0.1, 0.15) is 0 Å². The van der Waals surface area contributed by atoms with Crippen molar-refractivity contribution in [3.8, 4) is 0 Å². The molecule has 2 amide bonds. The third-order valence-corrected chi connectivity index (χ3v) is 5.27. The van der Waals surface area contributed by atoms with Crippen LogP contribution in [0, 0.1) is 5.92 Å². The molecular weight excluding hydrogens is 324 g/mol. The molecule has 1 aliphatic rings. The molecule has 0 unspecified atom stereocenters. The molecule has 0 heterocycles. The number of amides is 2. The molecule has 0 aromatic heterocycles. The Morgan fingerprint density at radius 3 is 2.62 bits per heavy atom. The van der Waals surface area contributed by atoms with Crippen molar-refractivity contribution in [3.63, 3.8) is 0 Å². The Kier molecular flexibility index (Phi) is 8.12. The fourth-order valence-corrected chi connectivity index (χ4v) is 3.77. The molecule has 0 atom stereocenters. The van der Waals surface area contributed by atoms with Gasteiger partial charge in [-0.3, -0.25) is 9.59 Å². The van der Waals surface area contributed by atoms with Crippen molar-refractivity contribution in [2.24, 2.45) is 5.92 Å². The highest BCUT2D eigenvalue weighted by Gasteiger charge is 2.15. The number of carbonyl (C=O) groups is 2. The van der Waals surface area contributed by atoms with E-state index in [2.05, 4.69) is 10.6 Å². The molecule has 1 aliphatic carbocycles. The van der Waals surface area contributed by atoms with Gasteiger partial charge in [-0.25, -0.2) is 0 Å². The lowest BCUT2D eigenvalue weighted by Crippen LogP contribution is -2.31. The van der Waals surface area contributed by atoms with Gasteiger partial charge in [-0.1, -0.05) is 31.4 Å². The minimum atomic E-state index is -0.227. The maximum Gasteiger partial charge on any atom is 0.252 e. The monoisotopic (exact) mass is 350 g/mol. The Labute approximate surface area is 147 Å².